The highest BCUT2D eigenvalue weighted by Crippen LogP contribution is 2.02. The summed E-state index contributed by atoms with van der Waals surface area (Å²) in [6, 6.07) is 0. The van der Waals surface area contributed by atoms with Crippen molar-refractivity contribution in [1.82, 2.24) is 5.32 Å². The predicted molar refractivity (Wildman–Crippen MR) is 37.7 cm³/mol. The van der Waals surface area contributed by atoms with Gasteiger partial charge in [0.25, 0.3) is 0 Å². The SMILES string of the molecule is CC(C)(C)NC(C)(N)O. The first kappa shape index (κ1) is 8.88. The third-order valence-corrected chi connectivity index (χ3v) is 0.628. The summed E-state index contributed by atoms with van der Waals surface area (Å²) in [6.07, 6.45) is 0. The van der Waals surface area contributed by atoms with Crippen molar-refractivity contribution in [2.45, 2.75) is 39.1 Å². The van der Waals surface area contributed by atoms with Crippen LogP contribution < -0.4 is 11.1 Å². The fraction of sp³-hybridized carbons (Fsp3) is 1.00. The molecular formula is C6H16N2O. The highest BCUT2D eigenvalue weighted by Gasteiger charge is 2.20. The molecule has 1 unspecified atom stereocenters. The molecule has 0 bridgehead atoms. The van der Waals surface area contributed by atoms with Gasteiger partial charge in [0.2, 0.25) is 0 Å². The van der Waals surface area contributed by atoms with E-state index in [-0.39, 0.29) is 5.54 Å². The summed E-state index contributed by atoms with van der Waals surface area (Å²) in [5, 5.41) is 11.8. The summed E-state index contributed by atoms with van der Waals surface area (Å²) >= 11 is 0. The lowest BCUT2D eigenvalue weighted by atomic mass is 10.1. The average Bonchev–Trinajstić information content (AvgIpc) is 1.14. The van der Waals surface area contributed by atoms with Crippen molar-refractivity contribution in [2.24, 2.45) is 5.73 Å². The van der Waals surface area contributed by atoms with Crippen LogP contribution >= 0.6 is 0 Å². The molecule has 3 nitrogen and oxygen atoms in total. The van der Waals surface area contributed by atoms with Gasteiger partial charge in [0.05, 0.1) is 0 Å². The summed E-state index contributed by atoms with van der Waals surface area (Å²) in [6.45, 7) is 7.33. The van der Waals surface area contributed by atoms with E-state index in [9.17, 15) is 0 Å². The number of hydrogen-bond acceptors (Lipinski definition) is 3. The standard InChI is InChI=1S/C6H16N2O/c1-5(2,3)8-6(4,7)9/h8-9H,7H2,1-4H3. The van der Waals surface area contributed by atoms with Gasteiger partial charge >= 0.3 is 0 Å². The van der Waals surface area contributed by atoms with Crippen LogP contribution in [-0.4, -0.2) is 16.5 Å². The zero-order chi connectivity index (χ0) is 7.71. The van der Waals surface area contributed by atoms with Crippen molar-refractivity contribution in [3.8, 4) is 0 Å². The highest BCUT2D eigenvalue weighted by molar-refractivity contribution is 4.75. The Balaban J connectivity index is 3.75. The Morgan fingerprint density at radius 3 is 1.56 bits per heavy atom. The Kier molecular flexibility index (Phi) is 2.22. The average molecular weight is 132 g/mol. The number of aliphatic hydroxyl groups is 1. The highest BCUT2D eigenvalue weighted by atomic mass is 16.3. The lowest BCUT2D eigenvalue weighted by Crippen LogP contribution is -2.58. The van der Waals surface area contributed by atoms with E-state index in [1.54, 1.807) is 0 Å². The van der Waals surface area contributed by atoms with Crippen molar-refractivity contribution in [2.75, 3.05) is 0 Å². The van der Waals surface area contributed by atoms with Crippen LogP contribution in [0.25, 0.3) is 0 Å². The molecule has 0 fully saturated rings. The maximum Gasteiger partial charge on any atom is 0.166 e. The second-order valence-corrected chi connectivity index (χ2v) is 3.52. The summed E-state index contributed by atoms with van der Waals surface area (Å²) in [4.78, 5) is 0. The number of rotatable bonds is 1. The van der Waals surface area contributed by atoms with E-state index < -0.39 is 5.85 Å². The van der Waals surface area contributed by atoms with E-state index in [0.717, 1.165) is 0 Å². The van der Waals surface area contributed by atoms with Crippen molar-refractivity contribution in [3.05, 3.63) is 0 Å². The molecule has 9 heavy (non-hydrogen) atoms. The van der Waals surface area contributed by atoms with Crippen LogP contribution in [0.3, 0.4) is 0 Å². The Hall–Kier alpha value is -0.120. The minimum atomic E-state index is -1.27. The molecule has 0 aromatic carbocycles. The van der Waals surface area contributed by atoms with Gasteiger partial charge in [-0.05, 0) is 27.7 Å². The molecule has 0 aromatic rings. The van der Waals surface area contributed by atoms with E-state index in [1.807, 2.05) is 20.8 Å². The molecule has 0 radical (unpaired) electrons. The van der Waals surface area contributed by atoms with Crippen LogP contribution in [0.5, 0.6) is 0 Å². The molecule has 4 N–H and O–H groups in total. The molecule has 56 valence electrons. The first-order valence-corrected chi connectivity index (χ1v) is 3.01. The minimum Gasteiger partial charge on any atom is -0.363 e. The van der Waals surface area contributed by atoms with Crippen LogP contribution in [0.4, 0.5) is 0 Å². The van der Waals surface area contributed by atoms with Gasteiger partial charge in [-0.15, -0.1) is 0 Å². The van der Waals surface area contributed by atoms with Crippen molar-refractivity contribution >= 4 is 0 Å². The van der Waals surface area contributed by atoms with Gasteiger partial charge in [-0.25, -0.2) is 0 Å². The van der Waals surface area contributed by atoms with Crippen LogP contribution in [-0.2, 0) is 0 Å². The molecule has 0 saturated heterocycles. The van der Waals surface area contributed by atoms with Crippen LogP contribution in [0.15, 0.2) is 0 Å². The Morgan fingerprint density at radius 1 is 1.22 bits per heavy atom. The monoisotopic (exact) mass is 132 g/mol. The zero-order valence-electron chi connectivity index (χ0n) is 6.52. The molecule has 0 spiro atoms. The van der Waals surface area contributed by atoms with Gasteiger partial charge in [-0.2, -0.15) is 0 Å². The summed E-state index contributed by atoms with van der Waals surface area (Å²) in [5.41, 5.74) is 5.13. The number of hydrogen-bond donors (Lipinski definition) is 3. The van der Waals surface area contributed by atoms with Gasteiger partial charge in [-0.1, -0.05) is 0 Å². The Bertz CT molecular complexity index is 76.2. The lowest BCUT2D eigenvalue weighted by Gasteiger charge is -2.29. The maximum absolute atomic E-state index is 9.02. The minimum absolute atomic E-state index is 0.141. The Labute approximate surface area is 56.2 Å². The second kappa shape index (κ2) is 2.25. The van der Waals surface area contributed by atoms with Crippen molar-refractivity contribution in [3.63, 3.8) is 0 Å². The molecule has 0 aliphatic carbocycles. The quantitative estimate of drug-likeness (QED) is 0.440. The molecule has 1 atom stereocenters. The van der Waals surface area contributed by atoms with Gasteiger partial charge in [0, 0.05) is 5.54 Å². The van der Waals surface area contributed by atoms with E-state index >= 15 is 0 Å². The van der Waals surface area contributed by atoms with E-state index in [4.69, 9.17) is 10.8 Å². The zero-order valence-corrected chi connectivity index (χ0v) is 6.52. The summed E-state index contributed by atoms with van der Waals surface area (Å²) < 4.78 is 0. The molecule has 0 saturated carbocycles. The second-order valence-electron chi connectivity index (χ2n) is 3.52. The molecular weight excluding hydrogens is 116 g/mol. The third kappa shape index (κ3) is 7.88. The largest absolute Gasteiger partial charge is 0.363 e. The van der Waals surface area contributed by atoms with Crippen molar-refractivity contribution in [1.29, 1.82) is 0 Å². The van der Waals surface area contributed by atoms with E-state index in [0.29, 0.717) is 0 Å². The van der Waals surface area contributed by atoms with E-state index in [2.05, 4.69) is 5.32 Å². The molecule has 0 amide bonds. The fourth-order valence-corrected chi connectivity index (χ4v) is 0.759. The smallest absolute Gasteiger partial charge is 0.166 e. The summed E-state index contributed by atoms with van der Waals surface area (Å²) in [5.74, 6) is -1.27. The van der Waals surface area contributed by atoms with Crippen molar-refractivity contribution < 1.29 is 5.11 Å². The molecule has 0 aliphatic rings. The number of nitrogens with one attached hydrogen (secondary N) is 1. The van der Waals surface area contributed by atoms with E-state index in [1.165, 1.54) is 6.92 Å². The fourth-order valence-electron chi connectivity index (χ4n) is 0.759. The Morgan fingerprint density at radius 2 is 1.56 bits per heavy atom. The van der Waals surface area contributed by atoms with Gasteiger partial charge < -0.3 is 5.11 Å². The van der Waals surface area contributed by atoms with Crippen LogP contribution in [0.2, 0.25) is 0 Å². The molecule has 3 heteroatoms. The molecule has 0 aliphatic heterocycles. The van der Waals surface area contributed by atoms with Crippen LogP contribution in [0.1, 0.15) is 27.7 Å². The van der Waals surface area contributed by atoms with Gasteiger partial charge in [0.15, 0.2) is 5.85 Å². The molecule has 0 aromatic heterocycles. The van der Waals surface area contributed by atoms with Crippen LogP contribution in [0, 0.1) is 0 Å². The lowest BCUT2D eigenvalue weighted by molar-refractivity contribution is 0.00675. The predicted octanol–water partition coefficient (Wildman–Crippen LogP) is -0.000800. The molecule has 0 heterocycles. The normalized spacial score (nSPS) is 19.3. The first-order valence-electron chi connectivity index (χ1n) is 3.01. The topological polar surface area (TPSA) is 58.3 Å². The van der Waals surface area contributed by atoms with Gasteiger partial charge in [0.1, 0.15) is 0 Å². The van der Waals surface area contributed by atoms with Gasteiger partial charge in [-0.3, -0.25) is 11.1 Å². The molecule has 0 rings (SSSR count). The third-order valence-electron chi connectivity index (χ3n) is 0.628. The maximum atomic E-state index is 9.02. The number of nitrogens with two attached hydrogens (primary N) is 1. The summed E-state index contributed by atoms with van der Waals surface area (Å²) in [7, 11) is 0. The first-order chi connectivity index (χ1) is 3.71.